The highest BCUT2D eigenvalue weighted by atomic mass is 32.1. The number of nitrogens with one attached hydrogen (secondary N) is 1. The Morgan fingerprint density at radius 1 is 1.18 bits per heavy atom. The van der Waals surface area contributed by atoms with Crippen molar-refractivity contribution in [2.45, 2.75) is 57.5 Å². The van der Waals surface area contributed by atoms with E-state index in [0.717, 1.165) is 56.5 Å². The topological polar surface area (TPSA) is 27.7 Å². The van der Waals surface area contributed by atoms with Crippen LogP contribution in [0.25, 0.3) is 0 Å². The van der Waals surface area contributed by atoms with Crippen molar-refractivity contribution in [3.05, 3.63) is 35.6 Å². The molecule has 1 heterocycles. The summed E-state index contributed by atoms with van der Waals surface area (Å²) >= 11 is 5.79. The molecule has 1 N–H and O–H groups in total. The lowest BCUT2D eigenvalue weighted by Crippen LogP contribution is -2.45. The summed E-state index contributed by atoms with van der Waals surface area (Å²) < 4.78 is 19.1. The number of ether oxygens (including phenoxy) is 1. The number of halogens is 1. The second-order valence-electron chi connectivity index (χ2n) is 8.00. The predicted octanol–water partition coefficient (Wildman–Crippen LogP) is 3.95. The van der Waals surface area contributed by atoms with Crippen LogP contribution in [0.1, 0.15) is 50.5 Å². The molecule has 0 atom stereocenters. The smallest absolute Gasteiger partial charge is 0.169 e. The van der Waals surface area contributed by atoms with Crippen molar-refractivity contribution in [2.24, 2.45) is 0 Å². The first kappa shape index (κ1) is 21.5. The number of morpholine rings is 1. The summed E-state index contributed by atoms with van der Waals surface area (Å²) in [6.07, 6.45) is 8.66. The summed E-state index contributed by atoms with van der Waals surface area (Å²) in [4.78, 5) is 4.67. The maximum absolute atomic E-state index is 13.6. The Balaban J connectivity index is 1.56. The van der Waals surface area contributed by atoms with Gasteiger partial charge in [-0.1, -0.05) is 37.8 Å². The molecule has 1 aliphatic carbocycles. The van der Waals surface area contributed by atoms with Gasteiger partial charge in [-0.25, -0.2) is 4.39 Å². The number of hydrogen-bond donors (Lipinski definition) is 1. The summed E-state index contributed by atoms with van der Waals surface area (Å²) in [7, 11) is 0. The minimum Gasteiger partial charge on any atom is -0.379 e. The maximum atomic E-state index is 13.6. The lowest BCUT2D eigenvalue weighted by molar-refractivity contribution is 0.0367. The van der Waals surface area contributed by atoms with Gasteiger partial charge in [-0.05, 0) is 49.2 Å². The highest BCUT2D eigenvalue weighted by molar-refractivity contribution is 7.80. The molecule has 156 valence electrons. The molecule has 6 heteroatoms. The van der Waals surface area contributed by atoms with Gasteiger partial charge in [0.05, 0.1) is 13.2 Å². The van der Waals surface area contributed by atoms with E-state index in [1.165, 1.54) is 44.6 Å². The molecular weight excluding hydrogens is 373 g/mol. The molecule has 0 bridgehead atoms. The average Bonchev–Trinajstić information content (AvgIpc) is 2.97. The quantitative estimate of drug-likeness (QED) is 0.546. The summed E-state index contributed by atoms with van der Waals surface area (Å²) in [5, 5.41) is 4.43. The number of rotatable bonds is 7. The Hall–Kier alpha value is -1.24. The van der Waals surface area contributed by atoms with E-state index in [1.54, 1.807) is 12.1 Å². The van der Waals surface area contributed by atoms with Gasteiger partial charge in [0.25, 0.3) is 0 Å². The highest BCUT2D eigenvalue weighted by Gasteiger charge is 2.18. The summed E-state index contributed by atoms with van der Waals surface area (Å²) in [5.74, 6) is -0.187. The van der Waals surface area contributed by atoms with Crippen molar-refractivity contribution in [1.29, 1.82) is 0 Å². The lowest BCUT2D eigenvalue weighted by Gasteiger charge is -2.31. The summed E-state index contributed by atoms with van der Waals surface area (Å²) in [6, 6.07) is 7.34. The summed E-state index contributed by atoms with van der Waals surface area (Å²) in [6.45, 7) is 6.26. The van der Waals surface area contributed by atoms with E-state index >= 15 is 0 Å². The van der Waals surface area contributed by atoms with Crippen molar-refractivity contribution in [2.75, 3.05) is 39.4 Å². The standard InChI is InChI=1S/C22H34FN3OS/c23-20-8-5-7-19(17-20)18-26(12-6-11-25-13-15-27-16-14-25)22(28)24-21-9-3-1-2-4-10-21/h5,7-8,17,21H,1-4,6,9-16,18H2,(H,24,28). The van der Waals surface area contributed by atoms with Crippen molar-refractivity contribution < 1.29 is 9.13 Å². The fourth-order valence-corrected chi connectivity index (χ4v) is 4.43. The van der Waals surface area contributed by atoms with Crippen LogP contribution >= 0.6 is 12.2 Å². The molecule has 0 radical (unpaired) electrons. The van der Waals surface area contributed by atoms with E-state index in [2.05, 4.69) is 15.1 Å². The number of thiocarbonyl (C=S) groups is 1. The highest BCUT2D eigenvalue weighted by Crippen LogP contribution is 2.18. The normalized spacial score (nSPS) is 19.2. The summed E-state index contributed by atoms with van der Waals surface area (Å²) in [5.41, 5.74) is 0.969. The van der Waals surface area contributed by atoms with Crippen LogP contribution in [0.3, 0.4) is 0 Å². The van der Waals surface area contributed by atoms with E-state index in [1.807, 2.05) is 6.07 Å². The third-order valence-electron chi connectivity index (χ3n) is 5.74. The van der Waals surface area contributed by atoms with Crippen LogP contribution in [-0.4, -0.2) is 60.3 Å². The van der Waals surface area contributed by atoms with E-state index in [0.29, 0.717) is 12.6 Å². The lowest BCUT2D eigenvalue weighted by atomic mass is 10.1. The van der Waals surface area contributed by atoms with Crippen LogP contribution in [0, 0.1) is 5.82 Å². The Labute approximate surface area is 174 Å². The Kier molecular flexibility index (Phi) is 8.96. The van der Waals surface area contributed by atoms with E-state index in [9.17, 15) is 4.39 Å². The van der Waals surface area contributed by atoms with Crippen LogP contribution in [-0.2, 0) is 11.3 Å². The van der Waals surface area contributed by atoms with Gasteiger partial charge in [0.1, 0.15) is 5.82 Å². The van der Waals surface area contributed by atoms with Gasteiger partial charge < -0.3 is 15.0 Å². The van der Waals surface area contributed by atoms with Crippen molar-refractivity contribution in [1.82, 2.24) is 15.1 Å². The minimum absolute atomic E-state index is 0.187. The number of benzene rings is 1. The third kappa shape index (κ3) is 7.30. The van der Waals surface area contributed by atoms with Crippen molar-refractivity contribution >= 4 is 17.3 Å². The molecule has 0 spiro atoms. The maximum Gasteiger partial charge on any atom is 0.169 e. The molecule has 1 saturated heterocycles. The Morgan fingerprint density at radius 3 is 2.64 bits per heavy atom. The van der Waals surface area contributed by atoms with Crippen LogP contribution in [0.2, 0.25) is 0 Å². The van der Waals surface area contributed by atoms with Gasteiger partial charge in [0.15, 0.2) is 5.11 Å². The first-order valence-electron chi connectivity index (χ1n) is 10.8. The zero-order valence-corrected chi connectivity index (χ0v) is 17.7. The van der Waals surface area contributed by atoms with Gasteiger partial charge in [-0.2, -0.15) is 0 Å². The zero-order chi connectivity index (χ0) is 19.6. The molecule has 3 rings (SSSR count). The molecule has 0 aromatic heterocycles. The molecule has 2 aliphatic rings. The molecule has 1 aromatic carbocycles. The molecule has 0 unspecified atom stereocenters. The van der Waals surface area contributed by atoms with Gasteiger partial charge in [-0.3, -0.25) is 4.90 Å². The van der Waals surface area contributed by atoms with E-state index in [4.69, 9.17) is 17.0 Å². The van der Waals surface area contributed by atoms with Crippen LogP contribution < -0.4 is 5.32 Å². The van der Waals surface area contributed by atoms with E-state index in [-0.39, 0.29) is 5.82 Å². The molecular formula is C22H34FN3OS. The molecule has 28 heavy (non-hydrogen) atoms. The van der Waals surface area contributed by atoms with Crippen molar-refractivity contribution in [3.63, 3.8) is 0 Å². The van der Waals surface area contributed by atoms with Crippen molar-refractivity contribution in [3.8, 4) is 0 Å². The van der Waals surface area contributed by atoms with Crippen LogP contribution in [0.4, 0.5) is 4.39 Å². The largest absolute Gasteiger partial charge is 0.379 e. The zero-order valence-electron chi connectivity index (χ0n) is 16.9. The second-order valence-corrected chi connectivity index (χ2v) is 8.38. The SMILES string of the molecule is Fc1cccc(CN(CCCN2CCOCC2)C(=S)NC2CCCCCC2)c1. The number of nitrogens with zero attached hydrogens (tertiary/aromatic N) is 2. The Morgan fingerprint density at radius 2 is 1.93 bits per heavy atom. The molecule has 1 aromatic rings. The Bertz CT molecular complexity index is 601. The van der Waals surface area contributed by atoms with Gasteiger partial charge >= 0.3 is 0 Å². The van der Waals surface area contributed by atoms with Gasteiger partial charge in [-0.15, -0.1) is 0 Å². The minimum atomic E-state index is -0.187. The van der Waals surface area contributed by atoms with Gasteiger partial charge in [0.2, 0.25) is 0 Å². The van der Waals surface area contributed by atoms with Crippen LogP contribution in [0.15, 0.2) is 24.3 Å². The van der Waals surface area contributed by atoms with Gasteiger partial charge in [0, 0.05) is 38.8 Å². The monoisotopic (exact) mass is 407 g/mol. The van der Waals surface area contributed by atoms with Crippen LogP contribution in [0.5, 0.6) is 0 Å². The second kappa shape index (κ2) is 11.7. The fourth-order valence-electron chi connectivity index (χ4n) is 4.11. The molecule has 1 saturated carbocycles. The molecule has 1 aliphatic heterocycles. The molecule has 4 nitrogen and oxygen atoms in total. The number of hydrogen-bond acceptors (Lipinski definition) is 3. The van der Waals surface area contributed by atoms with E-state index < -0.39 is 0 Å². The fraction of sp³-hybridized carbons (Fsp3) is 0.682. The first-order valence-corrected chi connectivity index (χ1v) is 11.2. The third-order valence-corrected chi connectivity index (χ3v) is 6.11. The first-order chi connectivity index (χ1) is 13.7. The molecule has 0 amide bonds. The predicted molar refractivity (Wildman–Crippen MR) is 116 cm³/mol. The average molecular weight is 408 g/mol. The molecule has 2 fully saturated rings.